The molecule has 106 valence electrons. The highest BCUT2D eigenvalue weighted by Crippen LogP contribution is 2.00. The molecule has 0 amide bonds. The van der Waals surface area contributed by atoms with E-state index in [1.54, 1.807) is 0 Å². The normalized spacial score (nSPS) is 10.7. The number of nitrogens with two attached hydrogens (primary N) is 1. The fraction of sp³-hybridized carbons (Fsp3) is 0.333. The molecular weight excluding hydrogens is 254 g/mol. The van der Waals surface area contributed by atoms with Crippen molar-refractivity contribution in [1.29, 1.82) is 0 Å². The van der Waals surface area contributed by atoms with Crippen molar-refractivity contribution in [2.75, 3.05) is 5.73 Å². The summed E-state index contributed by atoms with van der Waals surface area (Å²) in [5.41, 5.74) is 6.21. The number of benzene rings is 1. The third-order valence-electron chi connectivity index (χ3n) is 3.20. The lowest BCUT2D eigenvalue weighted by atomic mass is 10.1. The largest absolute Gasteiger partial charge is 0.393 e. The lowest BCUT2D eigenvalue weighted by molar-refractivity contribution is 0.548. The summed E-state index contributed by atoms with van der Waals surface area (Å²) in [6.45, 7) is 2.88. The summed E-state index contributed by atoms with van der Waals surface area (Å²) >= 11 is 0. The van der Waals surface area contributed by atoms with E-state index < -0.39 is 5.56 Å². The van der Waals surface area contributed by atoms with E-state index in [0.29, 0.717) is 19.5 Å². The summed E-state index contributed by atoms with van der Waals surface area (Å²) in [6.07, 6.45) is 2.88. The zero-order valence-electron chi connectivity index (χ0n) is 11.6. The predicted octanol–water partition coefficient (Wildman–Crippen LogP) is 1.24. The molecule has 5 nitrogen and oxygen atoms in total. The van der Waals surface area contributed by atoms with Gasteiger partial charge in [-0.1, -0.05) is 37.3 Å². The molecule has 0 atom stereocenters. The Kier molecular flexibility index (Phi) is 4.40. The molecule has 1 heterocycles. The lowest BCUT2D eigenvalue weighted by Crippen LogP contribution is -2.41. The predicted molar refractivity (Wildman–Crippen MR) is 79.8 cm³/mol. The molecule has 0 spiro atoms. The van der Waals surface area contributed by atoms with Gasteiger partial charge in [0.25, 0.3) is 5.56 Å². The van der Waals surface area contributed by atoms with E-state index in [1.807, 2.05) is 37.3 Å². The quantitative estimate of drug-likeness (QED) is 0.891. The Morgan fingerprint density at radius 2 is 1.80 bits per heavy atom. The molecule has 5 heteroatoms. The Bertz CT molecular complexity index is 687. The summed E-state index contributed by atoms with van der Waals surface area (Å²) in [5.74, 6) is 0. The maximum absolute atomic E-state index is 12.2. The maximum Gasteiger partial charge on any atom is 0.331 e. The highest BCUT2D eigenvalue weighted by Gasteiger charge is 2.08. The zero-order valence-corrected chi connectivity index (χ0v) is 11.6. The van der Waals surface area contributed by atoms with Gasteiger partial charge in [-0.25, -0.2) is 4.79 Å². The minimum Gasteiger partial charge on any atom is -0.393 e. The molecule has 0 aliphatic rings. The van der Waals surface area contributed by atoms with E-state index in [1.165, 1.54) is 15.3 Å². The van der Waals surface area contributed by atoms with Crippen LogP contribution in [0.25, 0.3) is 0 Å². The second kappa shape index (κ2) is 6.23. The van der Waals surface area contributed by atoms with E-state index in [-0.39, 0.29) is 11.4 Å². The van der Waals surface area contributed by atoms with Gasteiger partial charge in [0.2, 0.25) is 0 Å². The Morgan fingerprint density at radius 1 is 1.10 bits per heavy atom. The fourth-order valence-electron chi connectivity index (χ4n) is 2.16. The minimum atomic E-state index is -0.404. The van der Waals surface area contributed by atoms with E-state index in [9.17, 15) is 9.59 Å². The van der Waals surface area contributed by atoms with Crippen LogP contribution >= 0.6 is 0 Å². The molecule has 0 unspecified atom stereocenters. The molecule has 0 bridgehead atoms. The van der Waals surface area contributed by atoms with Crippen LogP contribution in [-0.2, 0) is 19.5 Å². The van der Waals surface area contributed by atoms with Crippen LogP contribution in [0.15, 0.2) is 46.1 Å². The zero-order chi connectivity index (χ0) is 14.5. The van der Waals surface area contributed by atoms with Gasteiger partial charge in [0.15, 0.2) is 0 Å². The van der Waals surface area contributed by atoms with E-state index >= 15 is 0 Å². The van der Waals surface area contributed by atoms with Crippen LogP contribution in [0, 0.1) is 0 Å². The number of aryl methyl sites for hydroxylation is 2. The van der Waals surface area contributed by atoms with E-state index in [4.69, 9.17) is 5.73 Å². The van der Waals surface area contributed by atoms with Crippen molar-refractivity contribution in [1.82, 2.24) is 9.13 Å². The lowest BCUT2D eigenvalue weighted by Gasteiger charge is -2.10. The molecule has 2 aromatic rings. The summed E-state index contributed by atoms with van der Waals surface area (Å²) in [6, 6.07) is 9.76. The number of aromatic nitrogens is 2. The smallest absolute Gasteiger partial charge is 0.331 e. The molecule has 20 heavy (non-hydrogen) atoms. The van der Waals surface area contributed by atoms with Gasteiger partial charge in [0.05, 0.1) is 0 Å². The molecule has 0 radical (unpaired) electrons. The van der Waals surface area contributed by atoms with Gasteiger partial charge in [-0.05, 0) is 18.4 Å². The van der Waals surface area contributed by atoms with Crippen molar-refractivity contribution < 1.29 is 0 Å². The van der Waals surface area contributed by atoms with Gasteiger partial charge < -0.3 is 5.73 Å². The van der Waals surface area contributed by atoms with Gasteiger partial charge in [0, 0.05) is 19.3 Å². The molecule has 2 N–H and O–H groups in total. The topological polar surface area (TPSA) is 70.0 Å². The van der Waals surface area contributed by atoms with E-state index in [0.717, 1.165) is 12.0 Å². The summed E-state index contributed by atoms with van der Waals surface area (Å²) < 4.78 is 2.72. The second-order valence-corrected chi connectivity index (χ2v) is 4.75. The Hall–Kier alpha value is -2.30. The van der Waals surface area contributed by atoms with Crippen molar-refractivity contribution >= 4 is 5.69 Å². The average molecular weight is 273 g/mol. The molecule has 0 aliphatic carbocycles. The molecule has 2 rings (SSSR count). The first-order chi connectivity index (χ1) is 9.63. The van der Waals surface area contributed by atoms with Gasteiger partial charge in [-0.15, -0.1) is 0 Å². The highest BCUT2D eigenvalue weighted by atomic mass is 16.2. The number of anilines is 1. The van der Waals surface area contributed by atoms with Crippen molar-refractivity contribution in [2.24, 2.45) is 0 Å². The van der Waals surface area contributed by atoms with Gasteiger partial charge in [-0.3, -0.25) is 13.9 Å². The van der Waals surface area contributed by atoms with Crippen LogP contribution < -0.4 is 17.0 Å². The molecular formula is C15H19N3O2. The van der Waals surface area contributed by atoms with Crippen LogP contribution in [0.5, 0.6) is 0 Å². The minimum absolute atomic E-state index is 0.117. The number of hydrogen-bond acceptors (Lipinski definition) is 3. The monoisotopic (exact) mass is 273 g/mol. The summed E-state index contributed by atoms with van der Waals surface area (Å²) in [4.78, 5) is 24.2. The SMILES string of the molecule is CCCn1cc(N)c(=O)n(CCc2ccccc2)c1=O. The van der Waals surface area contributed by atoms with Gasteiger partial charge >= 0.3 is 5.69 Å². The van der Waals surface area contributed by atoms with Crippen LogP contribution in [0.2, 0.25) is 0 Å². The van der Waals surface area contributed by atoms with Gasteiger partial charge in [-0.2, -0.15) is 0 Å². The Labute approximate surface area is 117 Å². The number of rotatable bonds is 5. The Balaban J connectivity index is 2.31. The summed E-state index contributed by atoms with van der Waals surface area (Å²) in [5, 5.41) is 0. The molecule has 0 fully saturated rings. The Morgan fingerprint density at radius 3 is 2.45 bits per heavy atom. The molecule has 0 saturated carbocycles. The third kappa shape index (κ3) is 2.99. The van der Waals surface area contributed by atoms with Crippen LogP contribution in [0.4, 0.5) is 5.69 Å². The van der Waals surface area contributed by atoms with Crippen molar-refractivity contribution in [3.8, 4) is 0 Å². The first-order valence-electron chi connectivity index (χ1n) is 6.77. The number of hydrogen-bond donors (Lipinski definition) is 1. The van der Waals surface area contributed by atoms with Crippen LogP contribution in [-0.4, -0.2) is 9.13 Å². The first-order valence-corrected chi connectivity index (χ1v) is 6.77. The summed E-state index contributed by atoms with van der Waals surface area (Å²) in [7, 11) is 0. The molecule has 0 saturated heterocycles. The molecule has 1 aromatic carbocycles. The second-order valence-electron chi connectivity index (χ2n) is 4.75. The molecule has 0 aliphatic heterocycles. The number of nitrogen functional groups attached to an aromatic ring is 1. The van der Waals surface area contributed by atoms with E-state index in [2.05, 4.69) is 0 Å². The third-order valence-corrected chi connectivity index (χ3v) is 3.20. The average Bonchev–Trinajstić information content (AvgIpc) is 2.46. The first kappa shape index (κ1) is 14.1. The molecule has 1 aromatic heterocycles. The highest BCUT2D eigenvalue weighted by molar-refractivity contribution is 5.31. The van der Waals surface area contributed by atoms with Crippen molar-refractivity contribution in [3.63, 3.8) is 0 Å². The fourth-order valence-corrected chi connectivity index (χ4v) is 2.16. The van der Waals surface area contributed by atoms with Gasteiger partial charge in [0.1, 0.15) is 5.69 Å². The number of nitrogens with zero attached hydrogens (tertiary/aromatic N) is 2. The standard InChI is InChI=1S/C15H19N3O2/c1-2-9-17-11-13(16)14(19)18(15(17)20)10-8-12-6-4-3-5-7-12/h3-7,11H,2,8-10,16H2,1H3. The maximum atomic E-state index is 12.2. The van der Waals surface area contributed by atoms with Crippen LogP contribution in [0.1, 0.15) is 18.9 Å². The van der Waals surface area contributed by atoms with Crippen molar-refractivity contribution in [3.05, 3.63) is 62.9 Å². The van der Waals surface area contributed by atoms with Crippen molar-refractivity contribution in [2.45, 2.75) is 32.9 Å². The van der Waals surface area contributed by atoms with Crippen LogP contribution in [0.3, 0.4) is 0 Å².